The molecule has 0 bridgehead atoms. The summed E-state index contributed by atoms with van der Waals surface area (Å²) in [5, 5.41) is 10.3. The Balaban J connectivity index is 1.81. The molecule has 1 aliphatic heterocycles. The van der Waals surface area contributed by atoms with Gasteiger partial charge in [-0.25, -0.2) is 4.39 Å². The van der Waals surface area contributed by atoms with Gasteiger partial charge in [-0.1, -0.05) is 22.0 Å². The normalized spacial score (nSPS) is 20.8. The van der Waals surface area contributed by atoms with Crippen LogP contribution in [0.25, 0.3) is 0 Å². The molecule has 110 valence electrons. The molecule has 0 aliphatic carbocycles. The van der Waals surface area contributed by atoms with E-state index >= 15 is 0 Å². The van der Waals surface area contributed by atoms with E-state index in [1.807, 2.05) is 25.1 Å². The van der Waals surface area contributed by atoms with E-state index in [1.54, 1.807) is 6.07 Å². The molecule has 0 fully saturated rings. The number of hydrogen-bond acceptors (Lipinski definition) is 2. The zero-order valence-electron chi connectivity index (χ0n) is 11.6. The molecule has 2 aromatic carbocycles. The van der Waals surface area contributed by atoms with Crippen LogP contribution < -0.4 is 4.74 Å². The molecule has 0 amide bonds. The van der Waals surface area contributed by atoms with Crippen LogP contribution >= 0.6 is 15.9 Å². The molecule has 2 aromatic rings. The van der Waals surface area contributed by atoms with E-state index in [-0.39, 0.29) is 11.9 Å². The lowest BCUT2D eigenvalue weighted by Gasteiger charge is -2.30. The van der Waals surface area contributed by atoms with Gasteiger partial charge in [0, 0.05) is 22.9 Å². The molecule has 1 N–H and O–H groups in total. The van der Waals surface area contributed by atoms with E-state index in [0.29, 0.717) is 12.8 Å². The predicted octanol–water partition coefficient (Wildman–Crippen LogP) is 4.32. The molecule has 3 rings (SSSR count). The monoisotopic (exact) mass is 350 g/mol. The fourth-order valence-electron chi connectivity index (χ4n) is 2.75. The van der Waals surface area contributed by atoms with Crippen LogP contribution in [0.3, 0.4) is 0 Å². The lowest BCUT2D eigenvalue weighted by atomic mass is 9.94. The maximum absolute atomic E-state index is 13.1. The molecule has 0 spiro atoms. The topological polar surface area (TPSA) is 29.5 Å². The van der Waals surface area contributed by atoms with Crippen LogP contribution in [0.4, 0.5) is 4.39 Å². The van der Waals surface area contributed by atoms with E-state index in [4.69, 9.17) is 4.74 Å². The van der Waals surface area contributed by atoms with Crippen LogP contribution in [-0.4, -0.2) is 11.2 Å². The number of aryl methyl sites for hydroxylation is 1. The second kappa shape index (κ2) is 5.78. The summed E-state index contributed by atoms with van der Waals surface area (Å²) in [4.78, 5) is 0. The highest BCUT2D eigenvalue weighted by molar-refractivity contribution is 9.10. The first-order valence-electron chi connectivity index (χ1n) is 6.92. The first-order chi connectivity index (χ1) is 10.0. The first-order valence-corrected chi connectivity index (χ1v) is 7.71. The molecule has 4 heteroatoms. The number of benzene rings is 2. The summed E-state index contributed by atoms with van der Waals surface area (Å²) in [5.41, 5.74) is 2.78. The smallest absolute Gasteiger partial charge is 0.125 e. The summed E-state index contributed by atoms with van der Waals surface area (Å²) >= 11 is 3.40. The van der Waals surface area contributed by atoms with Gasteiger partial charge in [-0.05, 0) is 48.4 Å². The Kier molecular flexibility index (Phi) is 4.00. The van der Waals surface area contributed by atoms with E-state index < -0.39 is 6.10 Å². The molecule has 0 unspecified atom stereocenters. The summed E-state index contributed by atoms with van der Waals surface area (Å²) in [6.07, 6.45) is 0.578. The van der Waals surface area contributed by atoms with Gasteiger partial charge in [0.05, 0.1) is 6.10 Å². The third-order valence-corrected chi connectivity index (χ3v) is 4.36. The Morgan fingerprint density at radius 2 is 2.10 bits per heavy atom. The minimum atomic E-state index is -0.531. The molecule has 21 heavy (non-hydrogen) atoms. The molecular formula is C17H16BrFO2. The average molecular weight is 351 g/mol. The summed E-state index contributed by atoms with van der Waals surface area (Å²) in [6, 6.07) is 10.4. The Hall–Kier alpha value is -1.39. The standard InChI is InChI=1S/C17H16BrFO2/c1-10-6-13(19)4-2-11(10)7-14-9-16(20)15-8-12(18)3-5-17(15)21-14/h2-6,8,14,16,20H,7,9H2,1H3/t14-,16+/m0/s1. The largest absolute Gasteiger partial charge is 0.490 e. The summed E-state index contributed by atoms with van der Waals surface area (Å²) < 4.78 is 20.0. The van der Waals surface area contributed by atoms with Gasteiger partial charge in [-0.15, -0.1) is 0 Å². The first kappa shape index (κ1) is 14.5. The zero-order valence-corrected chi connectivity index (χ0v) is 13.2. The highest BCUT2D eigenvalue weighted by Gasteiger charge is 2.27. The van der Waals surface area contributed by atoms with Crippen LogP contribution in [0.1, 0.15) is 29.2 Å². The van der Waals surface area contributed by atoms with Crippen molar-refractivity contribution in [2.45, 2.75) is 32.0 Å². The number of aliphatic hydroxyl groups excluding tert-OH is 1. The highest BCUT2D eigenvalue weighted by atomic mass is 79.9. The molecule has 0 radical (unpaired) electrons. The number of hydrogen-bond donors (Lipinski definition) is 1. The van der Waals surface area contributed by atoms with Crippen molar-refractivity contribution in [3.05, 3.63) is 63.4 Å². The second-order valence-electron chi connectivity index (χ2n) is 5.45. The van der Waals surface area contributed by atoms with Gasteiger partial charge in [0.1, 0.15) is 17.7 Å². The van der Waals surface area contributed by atoms with Crippen molar-refractivity contribution in [1.29, 1.82) is 0 Å². The SMILES string of the molecule is Cc1cc(F)ccc1C[C@H]1C[C@@H](O)c2cc(Br)ccc2O1. The zero-order chi connectivity index (χ0) is 15.0. The minimum absolute atomic E-state index is 0.0992. The van der Waals surface area contributed by atoms with Crippen LogP contribution in [-0.2, 0) is 6.42 Å². The molecule has 0 saturated heterocycles. The number of halogens is 2. The molecule has 0 aromatic heterocycles. The number of fused-ring (bicyclic) bond motifs is 1. The van der Waals surface area contributed by atoms with Gasteiger partial charge in [-0.3, -0.25) is 0 Å². The van der Waals surface area contributed by atoms with Crippen LogP contribution in [0.5, 0.6) is 5.75 Å². The molecule has 0 saturated carbocycles. The van der Waals surface area contributed by atoms with Crippen molar-refractivity contribution < 1.29 is 14.2 Å². The maximum atomic E-state index is 13.1. The van der Waals surface area contributed by atoms with Crippen LogP contribution in [0.15, 0.2) is 40.9 Å². The van der Waals surface area contributed by atoms with Gasteiger partial charge in [0.25, 0.3) is 0 Å². The molecular weight excluding hydrogens is 335 g/mol. The minimum Gasteiger partial charge on any atom is -0.490 e. The van der Waals surface area contributed by atoms with E-state index in [9.17, 15) is 9.50 Å². The van der Waals surface area contributed by atoms with Crippen molar-refractivity contribution in [3.63, 3.8) is 0 Å². The average Bonchev–Trinajstić information content (AvgIpc) is 2.43. The molecule has 2 nitrogen and oxygen atoms in total. The van der Waals surface area contributed by atoms with Gasteiger partial charge in [-0.2, -0.15) is 0 Å². The van der Waals surface area contributed by atoms with E-state index in [2.05, 4.69) is 15.9 Å². The molecule has 2 atom stereocenters. The van der Waals surface area contributed by atoms with Crippen molar-refractivity contribution in [1.82, 2.24) is 0 Å². The van der Waals surface area contributed by atoms with Crippen LogP contribution in [0, 0.1) is 12.7 Å². The van der Waals surface area contributed by atoms with Crippen molar-refractivity contribution in [2.24, 2.45) is 0 Å². The lowest BCUT2D eigenvalue weighted by molar-refractivity contribution is 0.0661. The predicted molar refractivity (Wildman–Crippen MR) is 83.0 cm³/mol. The quantitative estimate of drug-likeness (QED) is 0.873. The van der Waals surface area contributed by atoms with Crippen LogP contribution in [0.2, 0.25) is 0 Å². The highest BCUT2D eigenvalue weighted by Crippen LogP contribution is 2.37. The Morgan fingerprint density at radius 3 is 2.86 bits per heavy atom. The van der Waals surface area contributed by atoms with E-state index in [1.165, 1.54) is 12.1 Å². The lowest BCUT2D eigenvalue weighted by Crippen LogP contribution is -2.28. The van der Waals surface area contributed by atoms with Crippen molar-refractivity contribution in [2.75, 3.05) is 0 Å². The summed E-state index contributed by atoms with van der Waals surface area (Å²) in [5.74, 6) is 0.498. The number of aliphatic hydroxyl groups is 1. The maximum Gasteiger partial charge on any atom is 0.125 e. The van der Waals surface area contributed by atoms with Gasteiger partial charge in [0.15, 0.2) is 0 Å². The Labute approximate surface area is 131 Å². The van der Waals surface area contributed by atoms with Crippen molar-refractivity contribution >= 4 is 15.9 Å². The Bertz CT molecular complexity index is 672. The molecule has 1 aliphatic rings. The van der Waals surface area contributed by atoms with Crippen molar-refractivity contribution in [3.8, 4) is 5.75 Å². The molecule has 1 heterocycles. The third-order valence-electron chi connectivity index (χ3n) is 3.86. The Morgan fingerprint density at radius 1 is 1.29 bits per heavy atom. The van der Waals surface area contributed by atoms with Gasteiger partial charge < -0.3 is 9.84 Å². The third kappa shape index (κ3) is 3.11. The van der Waals surface area contributed by atoms with Gasteiger partial charge in [0.2, 0.25) is 0 Å². The summed E-state index contributed by atoms with van der Waals surface area (Å²) in [7, 11) is 0. The fraction of sp³-hybridized carbons (Fsp3) is 0.294. The summed E-state index contributed by atoms with van der Waals surface area (Å²) in [6.45, 7) is 1.89. The fourth-order valence-corrected chi connectivity index (χ4v) is 3.13. The van der Waals surface area contributed by atoms with E-state index in [0.717, 1.165) is 26.9 Å². The second-order valence-corrected chi connectivity index (χ2v) is 6.36. The number of rotatable bonds is 2. The number of ether oxygens (including phenoxy) is 1. The van der Waals surface area contributed by atoms with Gasteiger partial charge >= 0.3 is 0 Å².